The number of benzene rings is 3. The Morgan fingerprint density at radius 1 is 0.848 bits per heavy atom. The molecule has 33 heavy (non-hydrogen) atoms. The van der Waals surface area contributed by atoms with E-state index < -0.39 is 21.2 Å². The Morgan fingerprint density at radius 2 is 1.48 bits per heavy atom. The van der Waals surface area contributed by atoms with E-state index in [1.54, 1.807) is 32.9 Å². The molecule has 0 aliphatic rings. The van der Waals surface area contributed by atoms with Crippen LogP contribution in [0.5, 0.6) is 28.7 Å². The zero-order valence-corrected chi connectivity index (χ0v) is 19.0. The number of amides is 1. The number of anilines is 2. The number of nitrogens with one attached hydrogen (secondary N) is 2. The van der Waals surface area contributed by atoms with Gasteiger partial charge in [0.1, 0.15) is 22.1 Å². The number of sulfonamides is 1. The summed E-state index contributed by atoms with van der Waals surface area (Å²) in [6.07, 6.45) is 0. The van der Waals surface area contributed by atoms with E-state index in [1.165, 1.54) is 30.3 Å². The Bertz CT molecular complexity index is 1280. The third-order valence-electron chi connectivity index (χ3n) is 4.47. The van der Waals surface area contributed by atoms with Crippen LogP contribution in [-0.2, 0) is 14.8 Å². The minimum Gasteiger partial charge on any atom is -0.508 e. The first-order valence-electron chi connectivity index (χ1n) is 9.82. The Balaban J connectivity index is 1.74. The van der Waals surface area contributed by atoms with Crippen LogP contribution in [0.4, 0.5) is 11.4 Å². The number of hydrogen-bond acceptors (Lipinski definition) is 7. The first kappa shape index (κ1) is 23.7. The molecule has 0 aliphatic carbocycles. The standard InChI is InChI=1S/C23H24N2O7S/c1-23(2,3)22(29)24-14-4-6-15(7-5-14)25-33(30,31)21-11-9-17(13-19(21)28)32-20-10-8-16(26)12-18(20)27/h4-13,25-28H,1-3H3,(H,24,29). The van der Waals surface area contributed by atoms with Crippen molar-refractivity contribution in [2.45, 2.75) is 25.7 Å². The minimum absolute atomic E-state index is 0.0135. The molecular weight excluding hydrogens is 448 g/mol. The van der Waals surface area contributed by atoms with Gasteiger partial charge in [-0.3, -0.25) is 9.52 Å². The summed E-state index contributed by atoms with van der Waals surface area (Å²) in [7, 11) is -4.13. The van der Waals surface area contributed by atoms with Crippen molar-refractivity contribution >= 4 is 27.3 Å². The monoisotopic (exact) mass is 472 g/mol. The fourth-order valence-corrected chi connectivity index (χ4v) is 3.80. The molecule has 9 nitrogen and oxygen atoms in total. The zero-order chi connectivity index (χ0) is 24.4. The number of ether oxygens (including phenoxy) is 1. The van der Waals surface area contributed by atoms with Gasteiger partial charge in [0, 0.05) is 28.9 Å². The number of phenolic OH excluding ortho intramolecular Hbond substituents is 3. The van der Waals surface area contributed by atoms with E-state index in [4.69, 9.17) is 4.74 Å². The van der Waals surface area contributed by atoms with E-state index in [0.717, 1.165) is 18.2 Å². The van der Waals surface area contributed by atoms with Crippen molar-refractivity contribution in [1.82, 2.24) is 0 Å². The first-order chi connectivity index (χ1) is 15.3. The molecule has 3 aromatic rings. The van der Waals surface area contributed by atoms with Crippen molar-refractivity contribution in [2.24, 2.45) is 5.41 Å². The molecule has 0 unspecified atom stereocenters. The van der Waals surface area contributed by atoms with Gasteiger partial charge < -0.3 is 25.4 Å². The molecule has 0 bridgehead atoms. The molecule has 0 atom stereocenters. The van der Waals surface area contributed by atoms with Crippen LogP contribution in [-0.4, -0.2) is 29.6 Å². The van der Waals surface area contributed by atoms with Gasteiger partial charge in [-0.05, 0) is 48.5 Å². The van der Waals surface area contributed by atoms with Crippen molar-refractivity contribution < 1.29 is 33.3 Å². The van der Waals surface area contributed by atoms with Crippen molar-refractivity contribution in [3.8, 4) is 28.7 Å². The maximum atomic E-state index is 12.7. The van der Waals surface area contributed by atoms with Crippen LogP contribution >= 0.6 is 0 Å². The zero-order valence-electron chi connectivity index (χ0n) is 18.2. The molecule has 10 heteroatoms. The maximum Gasteiger partial charge on any atom is 0.265 e. The highest BCUT2D eigenvalue weighted by Crippen LogP contribution is 2.36. The van der Waals surface area contributed by atoms with Gasteiger partial charge in [0.25, 0.3) is 10.0 Å². The summed E-state index contributed by atoms with van der Waals surface area (Å²) in [4.78, 5) is 11.7. The predicted octanol–water partition coefficient (Wildman–Crippen LogP) is 4.38. The molecule has 1 amide bonds. The van der Waals surface area contributed by atoms with E-state index in [2.05, 4.69) is 10.0 Å². The average Bonchev–Trinajstić information content (AvgIpc) is 2.70. The number of carbonyl (C=O) groups excluding carboxylic acids is 1. The van der Waals surface area contributed by atoms with Crippen molar-refractivity contribution in [3.05, 3.63) is 60.7 Å². The van der Waals surface area contributed by atoms with Crippen molar-refractivity contribution in [1.29, 1.82) is 0 Å². The molecule has 3 aromatic carbocycles. The molecule has 0 spiro atoms. The van der Waals surface area contributed by atoms with Crippen LogP contribution in [0.3, 0.4) is 0 Å². The number of phenols is 3. The van der Waals surface area contributed by atoms with Gasteiger partial charge in [0.05, 0.1) is 0 Å². The molecular formula is C23H24N2O7S. The van der Waals surface area contributed by atoms with Crippen LogP contribution in [0.1, 0.15) is 20.8 Å². The second-order valence-electron chi connectivity index (χ2n) is 8.27. The summed E-state index contributed by atoms with van der Waals surface area (Å²) in [6, 6.07) is 13.3. The molecule has 0 aromatic heterocycles. The second kappa shape index (κ2) is 8.91. The summed E-state index contributed by atoms with van der Waals surface area (Å²) in [5.41, 5.74) is 0.173. The Labute approximate surface area is 191 Å². The highest BCUT2D eigenvalue weighted by molar-refractivity contribution is 7.92. The van der Waals surface area contributed by atoms with Crippen LogP contribution in [0.2, 0.25) is 0 Å². The molecule has 0 fully saturated rings. The summed E-state index contributed by atoms with van der Waals surface area (Å²) >= 11 is 0. The molecule has 0 saturated carbocycles. The van der Waals surface area contributed by atoms with E-state index in [9.17, 15) is 28.5 Å². The normalized spacial score (nSPS) is 11.6. The molecule has 5 N–H and O–H groups in total. The SMILES string of the molecule is CC(C)(C)C(=O)Nc1ccc(NS(=O)(=O)c2ccc(Oc3ccc(O)cc3O)cc2O)cc1. The van der Waals surface area contributed by atoms with Crippen LogP contribution in [0.25, 0.3) is 0 Å². The summed E-state index contributed by atoms with van der Waals surface area (Å²) < 4.78 is 33.2. The van der Waals surface area contributed by atoms with Crippen molar-refractivity contribution in [2.75, 3.05) is 10.0 Å². The maximum absolute atomic E-state index is 12.7. The summed E-state index contributed by atoms with van der Waals surface area (Å²) in [6.45, 7) is 5.34. The predicted molar refractivity (Wildman–Crippen MR) is 123 cm³/mol. The fraction of sp³-hybridized carbons (Fsp3) is 0.174. The molecule has 0 heterocycles. The van der Waals surface area contributed by atoms with E-state index >= 15 is 0 Å². The van der Waals surface area contributed by atoms with Gasteiger partial charge >= 0.3 is 0 Å². The largest absolute Gasteiger partial charge is 0.508 e. The second-order valence-corrected chi connectivity index (χ2v) is 9.92. The summed E-state index contributed by atoms with van der Waals surface area (Å²) in [5, 5.41) is 32.1. The van der Waals surface area contributed by atoms with Gasteiger partial charge in [-0.25, -0.2) is 8.42 Å². The van der Waals surface area contributed by atoms with E-state index in [-0.39, 0.29) is 39.5 Å². The molecule has 174 valence electrons. The van der Waals surface area contributed by atoms with E-state index in [0.29, 0.717) is 5.69 Å². The Morgan fingerprint density at radius 3 is 2.06 bits per heavy atom. The molecule has 0 radical (unpaired) electrons. The lowest BCUT2D eigenvalue weighted by Gasteiger charge is -2.18. The van der Waals surface area contributed by atoms with Crippen LogP contribution in [0, 0.1) is 5.41 Å². The van der Waals surface area contributed by atoms with Gasteiger partial charge in [0.15, 0.2) is 11.5 Å². The van der Waals surface area contributed by atoms with E-state index in [1.807, 2.05) is 0 Å². The van der Waals surface area contributed by atoms with Gasteiger partial charge in [0.2, 0.25) is 5.91 Å². The lowest BCUT2D eigenvalue weighted by atomic mass is 9.95. The Hall–Kier alpha value is -3.92. The lowest BCUT2D eigenvalue weighted by molar-refractivity contribution is -0.123. The van der Waals surface area contributed by atoms with Crippen LogP contribution in [0.15, 0.2) is 65.6 Å². The third-order valence-corrected chi connectivity index (χ3v) is 5.90. The van der Waals surface area contributed by atoms with Gasteiger partial charge in [-0.15, -0.1) is 0 Å². The molecule has 0 aliphatic heterocycles. The highest BCUT2D eigenvalue weighted by atomic mass is 32.2. The highest BCUT2D eigenvalue weighted by Gasteiger charge is 2.22. The fourth-order valence-electron chi connectivity index (χ4n) is 2.66. The van der Waals surface area contributed by atoms with Crippen molar-refractivity contribution in [3.63, 3.8) is 0 Å². The number of aromatic hydroxyl groups is 3. The molecule has 0 saturated heterocycles. The van der Waals surface area contributed by atoms with Gasteiger partial charge in [-0.2, -0.15) is 0 Å². The Kier molecular flexibility index (Phi) is 6.41. The average molecular weight is 473 g/mol. The van der Waals surface area contributed by atoms with Crippen LogP contribution < -0.4 is 14.8 Å². The topological polar surface area (TPSA) is 145 Å². The first-order valence-corrected chi connectivity index (χ1v) is 11.3. The number of carbonyl (C=O) groups is 1. The van der Waals surface area contributed by atoms with Gasteiger partial charge in [-0.1, -0.05) is 20.8 Å². The smallest absolute Gasteiger partial charge is 0.265 e. The quantitative estimate of drug-likeness (QED) is 0.358. The number of rotatable bonds is 6. The minimum atomic E-state index is -4.13. The lowest BCUT2D eigenvalue weighted by Crippen LogP contribution is -2.27. The third kappa shape index (κ3) is 5.86. The summed E-state index contributed by atoms with van der Waals surface area (Å²) in [5.74, 6) is -1.13. The number of hydrogen-bond donors (Lipinski definition) is 5. The molecule has 3 rings (SSSR count).